The Morgan fingerprint density at radius 3 is 2.48 bits per heavy atom. The zero-order chi connectivity index (χ0) is 22.4. The van der Waals surface area contributed by atoms with E-state index in [1.54, 1.807) is 30.9 Å². The van der Waals surface area contributed by atoms with Gasteiger partial charge in [0.05, 0.1) is 10.8 Å². The molecule has 2 aliphatic rings. The molecule has 2 amide bonds. The van der Waals surface area contributed by atoms with E-state index in [0.717, 1.165) is 19.3 Å². The van der Waals surface area contributed by atoms with Crippen molar-refractivity contribution in [3.8, 4) is 0 Å². The second-order valence-electron chi connectivity index (χ2n) is 8.14. The molecule has 1 heterocycles. The molecule has 7 nitrogen and oxygen atoms in total. The van der Waals surface area contributed by atoms with Crippen LogP contribution in [0.25, 0.3) is 0 Å². The third-order valence-corrected chi connectivity index (χ3v) is 8.18. The number of nitrogens with one attached hydrogen (secondary N) is 1. The number of amides is 2. The van der Waals surface area contributed by atoms with Crippen LogP contribution in [0.2, 0.25) is 0 Å². The highest BCUT2D eigenvalue weighted by Gasteiger charge is 2.35. The average Bonchev–Trinajstić information content (AvgIpc) is 3.17. The summed E-state index contributed by atoms with van der Waals surface area (Å²) in [5, 5.41) is 2.98. The molecule has 0 bridgehead atoms. The Morgan fingerprint density at radius 2 is 1.87 bits per heavy atom. The number of nitrogens with zero attached hydrogens (tertiary/aromatic N) is 2. The largest absolute Gasteiger partial charge is 0.355 e. The Hall–Kier alpha value is -2.19. The Morgan fingerprint density at radius 1 is 1.16 bits per heavy atom. The zero-order valence-electron chi connectivity index (χ0n) is 18.5. The monoisotopic (exact) mass is 447 g/mol. The molecule has 1 saturated heterocycles. The molecule has 3 rings (SSSR count). The highest BCUT2D eigenvalue weighted by molar-refractivity contribution is 7.89. The Bertz CT molecular complexity index is 921. The lowest BCUT2D eigenvalue weighted by atomic mass is 9.97. The molecule has 1 aromatic rings. The van der Waals surface area contributed by atoms with Crippen LogP contribution >= 0.6 is 0 Å². The lowest BCUT2D eigenvalue weighted by Crippen LogP contribution is -2.33. The lowest BCUT2D eigenvalue weighted by molar-refractivity contribution is -0.126. The third kappa shape index (κ3) is 5.54. The first-order valence-electron chi connectivity index (χ1n) is 11.2. The zero-order valence-corrected chi connectivity index (χ0v) is 19.3. The smallest absolute Gasteiger partial charge is 0.243 e. The summed E-state index contributed by atoms with van der Waals surface area (Å²) in [5.74, 6) is -0.589. The minimum atomic E-state index is -3.54. The van der Waals surface area contributed by atoms with Crippen LogP contribution in [0.3, 0.4) is 0 Å². The topological polar surface area (TPSA) is 86.8 Å². The standard InChI is InChI=1S/C23H33N3O4S/c1-3-25(4-2)31(29,30)21-12-10-20(11-13-21)26-17-19(16-22(26)27)23(28)24-15-14-18-8-6-5-7-9-18/h8,10-13,19H,3-7,9,14-17H2,1-2H3,(H,24,28)/t19-/m1/s1. The van der Waals surface area contributed by atoms with E-state index < -0.39 is 10.0 Å². The number of benzene rings is 1. The molecule has 1 fully saturated rings. The fourth-order valence-corrected chi connectivity index (χ4v) is 5.72. The summed E-state index contributed by atoms with van der Waals surface area (Å²) in [6.07, 6.45) is 8.04. The fourth-order valence-electron chi connectivity index (χ4n) is 4.27. The van der Waals surface area contributed by atoms with Crippen LogP contribution in [0.1, 0.15) is 52.4 Å². The minimum absolute atomic E-state index is 0.0898. The Balaban J connectivity index is 1.58. The molecule has 31 heavy (non-hydrogen) atoms. The van der Waals surface area contributed by atoms with Gasteiger partial charge in [0.25, 0.3) is 0 Å². The van der Waals surface area contributed by atoms with Crippen LogP contribution in [0, 0.1) is 5.92 Å². The second-order valence-corrected chi connectivity index (χ2v) is 10.1. The summed E-state index contributed by atoms with van der Waals surface area (Å²) in [6.45, 7) is 5.33. The summed E-state index contributed by atoms with van der Waals surface area (Å²) < 4.78 is 26.7. The molecule has 1 aromatic carbocycles. The SMILES string of the molecule is CCN(CC)S(=O)(=O)c1ccc(N2C[C@H](C(=O)NCCC3=CCCCC3)CC2=O)cc1. The van der Waals surface area contributed by atoms with Gasteiger partial charge in [-0.2, -0.15) is 4.31 Å². The fraction of sp³-hybridized carbons (Fsp3) is 0.565. The third-order valence-electron chi connectivity index (χ3n) is 6.12. The van der Waals surface area contributed by atoms with Crippen LogP contribution in [0.5, 0.6) is 0 Å². The molecule has 170 valence electrons. The van der Waals surface area contributed by atoms with Crippen molar-refractivity contribution in [2.45, 2.75) is 57.3 Å². The molecular formula is C23H33N3O4S. The quantitative estimate of drug-likeness (QED) is 0.590. The number of hydrogen-bond donors (Lipinski definition) is 1. The maximum Gasteiger partial charge on any atom is 0.243 e. The van der Waals surface area contributed by atoms with Crippen LogP contribution in [-0.4, -0.2) is 50.7 Å². The van der Waals surface area contributed by atoms with E-state index in [-0.39, 0.29) is 29.0 Å². The number of sulfonamides is 1. The number of anilines is 1. The number of carbonyl (C=O) groups is 2. The maximum absolute atomic E-state index is 12.6. The molecule has 1 aliphatic heterocycles. The Kier molecular flexibility index (Phi) is 7.89. The summed E-state index contributed by atoms with van der Waals surface area (Å²) in [6, 6.07) is 6.34. The van der Waals surface area contributed by atoms with Crippen molar-refractivity contribution in [3.63, 3.8) is 0 Å². The van der Waals surface area contributed by atoms with Gasteiger partial charge in [0.2, 0.25) is 21.8 Å². The summed E-state index contributed by atoms with van der Waals surface area (Å²) in [7, 11) is -3.54. The van der Waals surface area contributed by atoms with Crippen molar-refractivity contribution in [1.82, 2.24) is 9.62 Å². The van der Waals surface area contributed by atoms with E-state index in [9.17, 15) is 18.0 Å². The predicted molar refractivity (Wildman–Crippen MR) is 121 cm³/mol. The van der Waals surface area contributed by atoms with Gasteiger partial charge >= 0.3 is 0 Å². The van der Waals surface area contributed by atoms with Gasteiger partial charge in [0, 0.05) is 38.3 Å². The summed E-state index contributed by atoms with van der Waals surface area (Å²) in [4.78, 5) is 26.8. The first kappa shape index (κ1) is 23.5. The van der Waals surface area contributed by atoms with Crippen LogP contribution in [-0.2, 0) is 19.6 Å². The molecule has 0 spiro atoms. The van der Waals surface area contributed by atoms with Crippen molar-refractivity contribution in [2.75, 3.05) is 31.1 Å². The van der Waals surface area contributed by atoms with E-state index >= 15 is 0 Å². The van der Waals surface area contributed by atoms with Gasteiger partial charge in [0.1, 0.15) is 0 Å². The second kappa shape index (κ2) is 10.4. The van der Waals surface area contributed by atoms with Gasteiger partial charge in [-0.25, -0.2) is 8.42 Å². The predicted octanol–water partition coefficient (Wildman–Crippen LogP) is 3.08. The van der Waals surface area contributed by atoms with Crippen molar-refractivity contribution in [2.24, 2.45) is 5.92 Å². The molecular weight excluding hydrogens is 414 g/mol. The highest BCUT2D eigenvalue weighted by Crippen LogP contribution is 2.27. The van der Waals surface area contributed by atoms with E-state index in [4.69, 9.17) is 0 Å². The number of carbonyl (C=O) groups excluding carboxylic acids is 2. The lowest BCUT2D eigenvalue weighted by Gasteiger charge is -2.20. The van der Waals surface area contributed by atoms with Crippen molar-refractivity contribution < 1.29 is 18.0 Å². The maximum atomic E-state index is 12.6. The van der Waals surface area contributed by atoms with Gasteiger partial charge in [-0.15, -0.1) is 0 Å². The molecule has 0 unspecified atom stereocenters. The first-order chi connectivity index (χ1) is 14.9. The number of allylic oxidation sites excluding steroid dienone is 1. The molecule has 1 N–H and O–H groups in total. The van der Waals surface area contributed by atoms with E-state index in [1.165, 1.54) is 34.9 Å². The average molecular weight is 448 g/mol. The van der Waals surface area contributed by atoms with Crippen molar-refractivity contribution in [1.29, 1.82) is 0 Å². The number of hydrogen-bond acceptors (Lipinski definition) is 4. The summed E-state index contributed by atoms with van der Waals surface area (Å²) in [5.41, 5.74) is 2.03. The van der Waals surface area contributed by atoms with Crippen LogP contribution in [0.4, 0.5) is 5.69 Å². The van der Waals surface area contributed by atoms with Gasteiger partial charge in [0.15, 0.2) is 0 Å². The highest BCUT2D eigenvalue weighted by atomic mass is 32.2. The normalized spacial score (nSPS) is 19.6. The number of rotatable bonds is 9. The van der Waals surface area contributed by atoms with Gasteiger partial charge in [-0.3, -0.25) is 9.59 Å². The first-order valence-corrected chi connectivity index (χ1v) is 12.7. The van der Waals surface area contributed by atoms with E-state index in [0.29, 0.717) is 31.9 Å². The van der Waals surface area contributed by atoms with Gasteiger partial charge in [-0.1, -0.05) is 25.5 Å². The van der Waals surface area contributed by atoms with Gasteiger partial charge < -0.3 is 10.2 Å². The van der Waals surface area contributed by atoms with E-state index in [2.05, 4.69) is 11.4 Å². The van der Waals surface area contributed by atoms with E-state index in [1.807, 2.05) is 0 Å². The molecule has 1 atom stereocenters. The minimum Gasteiger partial charge on any atom is -0.355 e. The molecule has 0 saturated carbocycles. The van der Waals surface area contributed by atoms with Crippen LogP contribution < -0.4 is 10.2 Å². The summed E-state index contributed by atoms with van der Waals surface area (Å²) >= 11 is 0. The van der Waals surface area contributed by atoms with Gasteiger partial charge in [-0.05, 0) is 56.4 Å². The van der Waals surface area contributed by atoms with Crippen LogP contribution in [0.15, 0.2) is 40.8 Å². The van der Waals surface area contributed by atoms with Crippen molar-refractivity contribution in [3.05, 3.63) is 35.9 Å². The molecule has 0 radical (unpaired) electrons. The Labute approximate surface area is 185 Å². The molecule has 0 aromatic heterocycles. The van der Waals surface area contributed by atoms with Crippen molar-refractivity contribution >= 4 is 27.5 Å². The molecule has 8 heteroatoms. The molecule has 1 aliphatic carbocycles.